The number of rotatable bonds is 5. The Morgan fingerprint density at radius 1 is 1.09 bits per heavy atom. The van der Waals surface area contributed by atoms with Gasteiger partial charge in [-0.25, -0.2) is 9.18 Å². The Morgan fingerprint density at radius 3 is 2.45 bits per heavy atom. The van der Waals surface area contributed by atoms with Gasteiger partial charge in [0.2, 0.25) is 5.91 Å². The van der Waals surface area contributed by atoms with Crippen LogP contribution < -0.4 is 10.6 Å². The lowest BCUT2D eigenvalue weighted by molar-refractivity contribution is -0.114. The Labute approximate surface area is 127 Å². The second kappa shape index (κ2) is 7.21. The second-order valence-electron chi connectivity index (χ2n) is 4.48. The number of nitrogens with one attached hydrogen (secondary N) is 2. The van der Waals surface area contributed by atoms with Gasteiger partial charge in [0.05, 0.1) is 19.2 Å². The zero-order valence-corrected chi connectivity index (χ0v) is 11.9. The minimum absolute atomic E-state index is 0.00219. The summed E-state index contributed by atoms with van der Waals surface area (Å²) < 4.78 is 17.6. The second-order valence-corrected chi connectivity index (χ2v) is 4.48. The number of carbonyl (C=O) groups is 2. The third-order valence-corrected chi connectivity index (χ3v) is 2.87. The van der Waals surface area contributed by atoms with Gasteiger partial charge in [-0.15, -0.1) is 0 Å². The SMILES string of the molecule is COC(=O)c1ccc(NC(=O)CNc2cccc(F)c2)cc1. The molecule has 0 atom stereocenters. The van der Waals surface area contributed by atoms with Crippen molar-refractivity contribution >= 4 is 23.3 Å². The number of ether oxygens (including phenoxy) is 1. The van der Waals surface area contributed by atoms with E-state index in [0.717, 1.165) is 0 Å². The molecule has 6 heteroatoms. The summed E-state index contributed by atoms with van der Waals surface area (Å²) in [5.74, 6) is -1.09. The van der Waals surface area contributed by atoms with Crippen LogP contribution >= 0.6 is 0 Å². The Morgan fingerprint density at radius 2 is 1.82 bits per heavy atom. The van der Waals surface area contributed by atoms with Crippen LogP contribution in [0.5, 0.6) is 0 Å². The number of esters is 1. The third-order valence-electron chi connectivity index (χ3n) is 2.87. The van der Waals surface area contributed by atoms with E-state index in [1.54, 1.807) is 36.4 Å². The largest absolute Gasteiger partial charge is 0.465 e. The predicted molar refractivity (Wildman–Crippen MR) is 81.3 cm³/mol. The zero-order chi connectivity index (χ0) is 15.9. The lowest BCUT2D eigenvalue weighted by Gasteiger charge is -2.08. The van der Waals surface area contributed by atoms with Crippen LogP contribution in [0.4, 0.5) is 15.8 Å². The highest BCUT2D eigenvalue weighted by Gasteiger charge is 2.06. The number of anilines is 2. The number of hydrogen-bond acceptors (Lipinski definition) is 4. The van der Waals surface area contributed by atoms with E-state index in [1.807, 2.05) is 0 Å². The van der Waals surface area contributed by atoms with Crippen LogP contribution in [0.3, 0.4) is 0 Å². The maximum atomic E-state index is 13.0. The maximum Gasteiger partial charge on any atom is 0.337 e. The molecule has 0 aliphatic carbocycles. The van der Waals surface area contributed by atoms with Crippen molar-refractivity contribution in [2.24, 2.45) is 0 Å². The highest BCUT2D eigenvalue weighted by molar-refractivity contribution is 5.95. The van der Waals surface area contributed by atoms with Crippen LogP contribution in [-0.2, 0) is 9.53 Å². The fourth-order valence-electron chi connectivity index (χ4n) is 1.79. The minimum Gasteiger partial charge on any atom is -0.465 e. The quantitative estimate of drug-likeness (QED) is 0.833. The monoisotopic (exact) mass is 302 g/mol. The average Bonchev–Trinajstić information content (AvgIpc) is 2.53. The molecule has 0 aromatic heterocycles. The van der Waals surface area contributed by atoms with Crippen molar-refractivity contribution in [3.8, 4) is 0 Å². The predicted octanol–water partition coefficient (Wildman–Crippen LogP) is 2.66. The van der Waals surface area contributed by atoms with E-state index in [2.05, 4.69) is 15.4 Å². The molecule has 2 rings (SSSR count). The molecule has 2 aromatic rings. The topological polar surface area (TPSA) is 67.4 Å². The smallest absolute Gasteiger partial charge is 0.337 e. The van der Waals surface area contributed by atoms with Crippen molar-refractivity contribution in [2.75, 3.05) is 24.3 Å². The van der Waals surface area contributed by atoms with E-state index in [0.29, 0.717) is 16.9 Å². The van der Waals surface area contributed by atoms with E-state index in [1.165, 1.54) is 19.2 Å². The Hall–Kier alpha value is -2.89. The third kappa shape index (κ3) is 4.31. The van der Waals surface area contributed by atoms with Crippen LogP contribution in [0.1, 0.15) is 10.4 Å². The molecule has 0 bridgehead atoms. The number of amides is 1. The molecule has 2 N–H and O–H groups in total. The lowest BCUT2D eigenvalue weighted by atomic mass is 10.2. The summed E-state index contributed by atoms with van der Waals surface area (Å²) in [6, 6.07) is 12.2. The average molecular weight is 302 g/mol. The van der Waals surface area contributed by atoms with Gasteiger partial charge in [0.25, 0.3) is 0 Å². The Bertz CT molecular complexity index is 671. The molecule has 0 aliphatic heterocycles. The van der Waals surface area contributed by atoms with Gasteiger partial charge >= 0.3 is 5.97 Å². The van der Waals surface area contributed by atoms with E-state index in [-0.39, 0.29) is 18.3 Å². The molecule has 0 saturated heterocycles. The highest BCUT2D eigenvalue weighted by Crippen LogP contribution is 2.11. The number of benzene rings is 2. The van der Waals surface area contributed by atoms with Crippen molar-refractivity contribution in [1.29, 1.82) is 0 Å². The molecule has 0 unspecified atom stereocenters. The first kappa shape index (κ1) is 15.5. The summed E-state index contributed by atoms with van der Waals surface area (Å²) in [6.45, 7) is 0.00219. The molecule has 0 saturated carbocycles. The number of carbonyl (C=O) groups excluding carboxylic acids is 2. The van der Waals surface area contributed by atoms with Crippen LogP contribution in [-0.4, -0.2) is 25.5 Å². The van der Waals surface area contributed by atoms with Crippen molar-refractivity contribution < 1.29 is 18.7 Å². The summed E-state index contributed by atoms with van der Waals surface area (Å²) in [6.07, 6.45) is 0. The molecule has 22 heavy (non-hydrogen) atoms. The normalized spacial score (nSPS) is 9.91. The van der Waals surface area contributed by atoms with E-state index in [9.17, 15) is 14.0 Å². The molecule has 0 aliphatic rings. The molecule has 0 spiro atoms. The van der Waals surface area contributed by atoms with Gasteiger partial charge < -0.3 is 15.4 Å². The van der Waals surface area contributed by atoms with E-state index in [4.69, 9.17) is 0 Å². The van der Waals surface area contributed by atoms with Gasteiger partial charge in [0.1, 0.15) is 5.82 Å². The summed E-state index contributed by atoms with van der Waals surface area (Å²) in [5.41, 5.74) is 1.48. The van der Waals surface area contributed by atoms with Gasteiger partial charge in [-0.3, -0.25) is 4.79 Å². The minimum atomic E-state index is -0.439. The molecular weight excluding hydrogens is 287 g/mol. The van der Waals surface area contributed by atoms with Crippen molar-refractivity contribution in [2.45, 2.75) is 0 Å². The molecule has 114 valence electrons. The van der Waals surface area contributed by atoms with Crippen molar-refractivity contribution in [3.05, 3.63) is 59.9 Å². The molecular formula is C16H15FN2O3. The number of hydrogen-bond donors (Lipinski definition) is 2. The fourth-order valence-corrected chi connectivity index (χ4v) is 1.79. The van der Waals surface area contributed by atoms with Gasteiger partial charge in [0, 0.05) is 11.4 Å². The first-order chi connectivity index (χ1) is 10.6. The van der Waals surface area contributed by atoms with Gasteiger partial charge in [-0.2, -0.15) is 0 Å². The van der Waals surface area contributed by atoms with Crippen molar-refractivity contribution in [3.63, 3.8) is 0 Å². The van der Waals surface area contributed by atoms with Crippen molar-refractivity contribution in [1.82, 2.24) is 0 Å². The van der Waals surface area contributed by atoms with Crippen LogP contribution in [0.2, 0.25) is 0 Å². The zero-order valence-electron chi connectivity index (χ0n) is 11.9. The van der Waals surface area contributed by atoms with E-state index >= 15 is 0 Å². The molecule has 0 heterocycles. The highest BCUT2D eigenvalue weighted by atomic mass is 19.1. The number of halogens is 1. The first-order valence-corrected chi connectivity index (χ1v) is 6.56. The van der Waals surface area contributed by atoms with Gasteiger partial charge in [-0.1, -0.05) is 6.07 Å². The maximum absolute atomic E-state index is 13.0. The molecule has 0 fully saturated rings. The van der Waals surface area contributed by atoms with Crippen LogP contribution in [0.15, 0.2) is 48.5 Å². The Kier molecular flexibility index (Phi) is 5.08. The summed E-state index contributed by atoms with van der Waals surface area (Å²) >= 11 is 0. The fraction of sp³-hybridized carbons (Fsp3) is 0.125. The molecule has 2 aromatic carbocycles. The standard InChI is InChI=1S/C16H15FN2O3/c1-22-16(21)11-5-7-13(8-6-11)19-15(20)10-18-14-4-2-3-12(17)9-14/h2-9,18H,10H2,1H3,(H,19,20). The first-order valence-electron chi connectivity index (χ1n) is 6.56. The lowest BCUT2D eigenvalue weighted by Crippen LogP contribution is -2.21. The van der Waals surface area contributed by atoms with Crippen LogP contribution in [0, 0.1) is 5.82 Å². The Balaban J connectivity index is 1.88. The van der Waals surface area contributed by atoms with Gasteiger partial charge in [-0.05, 0) is 42.5 Å². The molecule has 1 amide bonds. The summed E-state index contributed by atoms with van der Waals surface area (Å²) in [7, 11) is 1.30. The molecule has 5 nitrogen and oxygen atoms in total. The number of methoxy groups -OCH3 is 1. The van der Waals surface area contributed by atoms with Crippen LogP contribution in [0.25, 0.3) is 0 Å². The van der Waals surface area contributed by atoms with Gasteiger partial charge in [0.15, 0.2) is 0 Å². The summed E-state index contributed by atoms with van der Waals surface area (Å²) in [4.78, 5) is 23.1. The van der Waals surface area contributed by atoms with E-state index < -0.39 is 5.97 Å². The molecule has 0 radical (unpaired) electrons. The summed E-state index contributed by atoms with van der Waals surface area (Å²) in [5, 5.41) is 5.48.